The first-order chi connectivity index (χ1) is 10.8. The molecular formula is C18H25NO4. The summed E-state index contributed by atoms with van der Waals surface area (Å²) in [6.45, 7) is 7.98. The van der Waals surface area contributed by atoms with Crippen LogP contribution in [-0.4, -0.2) is 41.8 Å². The van der Waals surface area contributed by atoms with Gasteiger partial charge in [0.05, 0.1) is 6.61 Å². The smallest absolute Gasteiger partial charge is 0.411 e. The highest BCUT2D eigenvalue weighted by atomic mass is 16.6. The van der Waals surface area contributed by atoms with Crippen molar-refractivity contribution in [1.29, 1.82) is 0 Å². The number of likely N-dealkylation sites (tertiary alicyclic amines) is 1. The van der Waals surface area contributed by atoms with E-state index in [1.165, 1.54) is 4.90 Å². The molecule has 5 nitrogen and oxygen atoms in total. The van der Waals surface area contributed by atoms with E-state index >= 15 is 0 Å². The standard InChI is InChI=1S/C18H25NO4/c1-5-22-16(20)15-14(13-9-7-6-8-10-13)11-12-19(15)17(21)23-18(2,3)4/h6-10,14-15H,5,11-12H2,1-4H3/t14-,15+/m0/s1. The van der Waals surface area contributed by atoms with E-state index in [0.29, 0.717) is 19.6 Å². The van der Waals surface area contributed by atoms with Crippen LogP contribution in [0.3, 0.4) is 0 Å². The minimum atomic E-state index is -0.632. The van der Waals surface area contributed by atoms with Crippen LogP contribution in [0.25, 0.3) is 0 Å². The average Bonchev–Trinajstić information content (AvgIpc) is 2.91. The molecular weight excluding hydrogens is 294 g/mol. The van der Waals surface area contributed by atoms with Gasteiger partial charge in [-0.25, -0.2) is 9.59 Å². The molecule has 1 fully saturated rings. The number of carbonyl (C=O) groups excluding carboxylic acids is 2. The second-order valence-electron chi connectivity index (χ2n) is 6.68. The maximum Gasteiger partial charge on any atom is 0.411 e. The number of benzene rings is 1. The van der Waals surface area contributed by atoms with Gasteiger partial charge >= 0.3 is 12.1 Å². The monoisotopic (exact) mass is 319 g/mol. The minimum absolute atomic E-state index is 0.0669. The highest BCUT2D eigenvalue weighted by Gasteiger charge is 2.44. The number of ether oxygens (including phenoxy) is 2. The van der Waals surface area contributed by atoms with Crippen LogP contribution >= 0.6 is 0 Å². The highest BCUT2D eigenvalue weighted by molar-refractivity contribution is 5.83. The zero-order valence-corrected chi connectivity index (χ0v) is 14.2. The van der Waals surface area contributed by atoms with Gasteiger partial charge in [-0.2, -0.15) is 0 Å². The van der Waals surface area contributed by atoms with Gasteiger partial charge in [-0.1, -0.05) is 30.3 Å². The van der Waals surface area contributed by atoms with Crippen LogP contribution in [0.2, 0.25) is 0 Å². The lowest BCUT2D eigenvalue weighted by Crippen LogP contribution is -2.45. The predicted octanol–water partition coefficient (Wildman–Crippen LogP) is 3.34. The van der Waals surface area contributed by atoms with Gasteiger partial charge in [0, 0.05) is 12.5 Å². The van der Waals surface area contributed by atoms with Gasteiger partial charge in [0.25, 0.3) is 0 Å². The van der Waals surface area contributed by atoms with E-state index < -0.39 is 17.7 Å². The molecule has 0 spiro atoms. The Hall–Kier alpha value is -2.04. The van der Waals surface area contributed by atoms with Crippen LogP contribution in [0, 0.1) is 0 Å². The molecule has 0 radical (unpaired) electrons. The number of carbonyl (C=O) groups is 2. The Morgan fingerprint density at radius 1 is 1.22 bits per heavy atom. The van der Waals surface area contributed by atoms with Crippen LogP contribution in [-0.2, 0) is 14.3 Å². The van der Waals surface area contributed by atoms with E-state index in [9.17, 15) is 9.59 Å². The van der Waals surface area contributed by atoms with Crippen molar-refractivity contribution in [3.8, 4) is 0 Å². The average molecular weight is 319 g/mol. The highest BCUT2D eigenvalue weighted by Crippen LogP contribution is 2.35. The van der Waals surface area contributed by atoms with Gasteiger partial charge in [-0.3, -0.25) is 4.90 Å². The van der Waals surface area contributed by atoms with Crippen molar-refractivity contribution in [2.45, 2.75) is 51.7 Å². The zero-order valence-electron chi connectivity index (χ0n) is 14.2. The summed E-state index contributed by atoms with van der Waals surface area (Å²) in [7, 11) is 0. The summed E-state index contributed by atoms with van der Waals surface area (Å²) in [5.41, 5.74) is 0.442. The molecule has 1 saturated heterocycles. The van der Waals surface area contributed by atoms with Gasteiger partial charge in [0.15, 0.2) is 0 Å². The van der Waals surface area contributed by atoms with Crippen molar-refractivity contribution >= 4 is 12.1 Å². The Kier molecular flexibility index (Phi) is 5.29. The van der Waals surface area contributed by atoms with Crippen LogP contribution in [0.15, 0.2) is 30.3 Å². The summed E-state index contributed by atoms with van der Waals surface area (Å²) in [6, 6.07) is 9.14. The van der Waals surface area contributed by atoms with Gasteiger partial charge in [0.2, 0.25) is 0 Å². The fourth-order valence-corrected chi connectivity index (χ4v) is 2.89. The lowest BCUT2D eigenvalue weighted by molar-refractivity contribution is -0.148. The van der Waals surface area contributed by atoms with Crippen molar-refractivity contribution < 1.29 is 19.1 Å². The molecule has 0 unspecified atom stereocenters. The fourth-order valence-electron chi connectivity index (χ4n) is 2.89. The maximum absolute atomic E-state index is 12.5. The third-order valence-corrected chi connectivity index (χ3v) is 3.78. The fraction of sp³-hybridized carbons (Fsp3) is 0.556. The number of rotatable bonds is 3. The molecule has 1 aromatic rings. The molecule has 2 rings (SSSR count). The van der Waals surface area contributed by atoms with Crippen LogP contribution in [0.5, 0.6) is 0 Å². The van der Waals surface area contributed by atoms with Crippen molar-refractivity contribution in [3.05, 3.63) is 35.9 Å². The maximum atomic E-state index is 12.5. The quantitative estimate of drug-likeness (QED) is 0.802. The van der Waals surface area contributed by atoms with Gasteiger partial charge < -0.3 is 9.47 Å². The number of hydrogen-bond acceptors (Lipinski definition) is 4. The molecule has 1 aliphatic heterocycles. The summed E-state index contributed by atoms with van der Waals surface area (Å²) < 4.78 is 10.6. The van der Waals surface area contributed by atoms with Crippen molar-refractivity contribution in [2.75, 3.05) is 13.2 Å². The Morgan fingerprint density at radius 3 is 2.43 bits per heavy atom. The Labute approximate surface area is 137 Å². The first-order valence-electron chi connectivity index (χ1n) is 8.04. The van der Waals surface area contributed by atoms with Crippen molar-refractivity contribution in [1.82, 2.24) is 4.90 Å². The van der Waals surface area contributed by atoms with Gasteiger partial charge in [-0.15, -0.1) is 0 Å². The summed E-state index contributed by atoms with van der Waals surface area (Å²) in [4.78, 5) is 26.4. The Balaban J connectivity index is 2.25. The molecule has 23 heavy (non-hydrogen) atoms. The first-order valence-corrected chi connectivity index (χ1v) is 8.04. The Morgan fingerprint density at radius 2 is 1.87 bits per heavy atom. The van der Waals surface area contributed by atoms with E-state index in [2.05, 4.69) is 0 Å². The van der Waals surface area contributed by atoms with Crippen LogP contribution in [0.4, 0.5) is 4.79 Å². The molecule has 126 valence electrons. The molecule has 1 amide bonds. The van der Waals surface area contributed by atoms with E-state index in [4.69, 9.17) is 9.47 Å². The van der Waals surface area contributed by atoms with E-state index in [1.807, 2.05) is 51.1 Å². The minimum Gasteiger partial charge on any atom is -0.464 e. The van der Waals surface area contributed by atoms with E-state index in [1.54, 1.807) is 6.92 Å². The third kappa shape index (κ3) is 4.24. The lowest BCUT2D eigenvalue weighted by atomic mass is 9.92. The lowest BCUT2D eigenvalue weighted by Gasteiger charge is -2.29. The topological polar surface area (TPSA) is 55.8 Å². The van der Waals surface area contributed by atoms with Crippen LogP contribution < -0.4 is 0 Å². The first kappa shape index (κ1) is 17.3. The molecule has 2 atom stereocenters. The summed E-state index contributed by atoms with van der Waals surface area (Å²) in [6.07, 6.45) is 0.251. The van der Waals surface area contributed by atoms with Gasteiger partial charge in [0.1, 0.15) is 11.6 Å². The number of nitrogens with zero attached hydrogens (tertiary/aromatic N) is 1. The zero-order chi connectivity index (χ0) is 17.0. The molecule has 0 N–H and O–H groups in total. The molecule has 1 heterocycles. The third-order valence-electron chi connectivity index (χ3n) is 3.78. The molecule has 5 heteroatoms. The summed E-state index contributed by atoms with van der Waals surface area (Å²) in [5, 5.41) is 0. The number of hydrogen-bond donors (Lipinski definition) is 0. The van der Waals surface area contributed by atoms with Crippen LogP contribution in [0.1, 0.15) is 45.6 Å². The Bertz CT molecular complexity index is 550. The predicted molar refractivity (Wildman–Crippen MR) is 87.2 cm³/mol. The molecule has 0 aromatic heterocycles. The van der Waals surface area contributed by atoms with Crippen molar-refractivity contribution in [3.63, 3.8) is 0 Å². The largest absolute Gasteiger partial charge is 0.464 e. The second-order valence-corrected chi connectivity index (χ2v) is 6.68. The number of amides is 1. The SMILES string of the molecule is CCOC(=O)[C@H]1[C@H](c2ccccc2)CCN1C(=O)OC(C)(C)C. The second kappa shape index (κ2) is 7.02. The molecule has 1 aliphatic rings. The van der Waals surface area contributed by atoms with Crippen molar-refractivity contribution in [2.24, 2.45) is 0 Å². The molecule has 0 aliphatic carbocycles. The van der Waals surface area contributed by atoms with Gasteiger partial charge in [-0.05, 0) is 39.7 Å². The molecule has 0 saturated carbocycles. The van der Waals surface area contributed by atoms with E-state index in [0.717, 1.165) is 5.56 Å². The molecule has 1 aromatic carbocycles. The number of esters is 1. The summed E-state index contributed by atoms with van der Waals surface area (Å²) in [5.74, 6) is -0.438. The molecule has 0 bridgehead atoms. The normalized spacial score (nSPS) is 21.1. The van der Waals surface area contributed by atoms with E-state index in [-0.39, 0.29) is 11.9 Å². The summed E-state index contributed by atoms with van der Waals surface area (Å²) >= 11 is 0.